The molecule has 0 bridgehead atoms. The van der Waals surface area contributed by atoms with Crippen molar-refractivity contribution >= 4 is 23.4 Å². The number of aromatic nitrogens is 1. The Hall–Kier alpha value is -3.56. The van der Waals surface area contributed by atoms with Gasteiger partial charge in [-0.2, -0.15) is 13.2 Å². The summed E-state index contributed by atoms with van der Waals surface area (Å²) in [5, 5.41) is 2.77. The summed E-state index contributed by atoms with van der Waals surface area (Å²) in [6.45, 7) is 2.88. The monoisotopic (exact) mass is 435 g/mol. The average molecular weight is 435 g/mol. The number of halogens is 3. The van der Waals surface area contributed by atoms with Crippen molar-refractivity contribution in [3.63, 3.8) is 0 Å². The van der Waals surface area contributed by atoms with E-state index in [4.69, 9.17) is 9.47 Å². The summed E-state index contributed by atoms with van der Waals surface area (Å²) in [5.74, 6) is -2.81. The maximum atomic E-state index is 13.2. The Morgan fingerprint density at radius 2 is 1.61 bits per heavy atom. The van der Waals surface area contributed by atoms with Gasteiger partial charge in [0.15, 0.2) is 5.57 Å². The quantitative estimate of drug-likeness (QED) is 0.442. The van der Waals surface area contributed by atoms with Gasteiger partial charge in [-0.25, -0.2) is 14.6 Å². The Bertz CT molecular complexity index is 1020. The summed E-state index contributed by atoms with van der Waals surface area (Å²) in [6.07, 6.45) is -3.35. The molecule has 10 heteroatoms. The molecule has 7 nitrogen and oxygen atoms in total. The number of alkyl halides is 3. The molecule has 0 radical (unpaired) electrons. The van der Waals surface area contributed by atoms with Crippen molar-refractivity contribution in [3.8, 4) is 11.3 Å². The summed E-state index contributed by atoms with van der Waals surface area (Å²) >= 11 is 0. The van der Waals surface area contributed by atoms with Crippen molar-refractivity contribution in [1.82, 2.24) is 4.98 Å². The van der Waals surface area contributed by atoms with E-state index in [1.54, 1.807) is 38.4 Å². The van der Waals surface area contributed by atoms with Crippen LogP contribution in [0.5, 0.6) is 0 Å². The smallest absolute Gasteiger partial charge is 0.416 e. The van der Waals surface area contributed by atoms with Crippen LogP contribution in [0.3, 0.4) is 0 Å². The van der Waals surface area contributed by atoms with Crippen LogP contribution in [0.25, 0.3) is 11.3 Å². The molecule has 164 valence electrons. The highest BCUT2D eigenvalue weighted by Gasteiger charge is 2.39. The van der Waals surface area contributed by atoms with E-state index in [0.29, 0.717) is 11.3 Å². The van der Waals surface area contributed by atoms with Gasteiger partial charge in [-0.15, -0.1) is 0 Å². The molecule has 2 heterocycles. The molecule has 0 unspecified atom stereocenters. The number of rotatable bonds is 4. The molecule has 1 saturated heterocycles. The normalized spacial score (nSPS) is 15.8. The molecule has 1 N–H and O–H groups in total. The number of carbonyl (C=O) groups excluding carboxylic acids is 2. The lowest BCUT2D eigenvalue weighted by Gasteiger charge is -2.29. The summed E-state index contributed by atoms with van der Waals surface area (Å²) in [4.78, 5) is 29.7. The molecule has 0 spiro atoms. The molecule has 3 rings (SSSR count). The van der Waals surface area contributed by atoms with Crippen LogP contribution < -0.4 is 10.2 Å². The number of benzene rings is 1. The van der Waals surface area contributed by atoms with Crippen LogP contribution in [0.1, 0.15) is 19.4 Å². The van der Waals surface area contributed by atoms with E-state index in [1.165, 1.54) is 18.7 Å². The van der Waals surface area contributed by atoms with Crippen LogP contribution in [-0.4, -0.2) is 36.8 Å². The molecule has 0 aliphatic carbocycles. The van der Waals surface area contributed by atoms with E-state index in [9.17, 15) is 22.8 Å². The lowest BCUT2D eigenvalue weighted by atomic mass is 10.1. The SMILES string of the molecule is CN(C)c1cc(C(F)(F)F)cc(-c2ccc(NC=C3C(=O)OC(C)(C)OC3=O)cc2)n1. The van der Waals surface area contributed by atoms with Crippen LogP contribution in [0.15, 0.2) is 48.2 Å². The van der Waals surface area contributed by atoms with Crippen LogP contribution >= 0.6 is 0 Å². The van der Waals surface area contributed by atoms with Crippen LogP contribution in [0, 0.1) is 0 Å². The Balaban J connectivity index is 1.83. The van der Waals surface area contributed by atoms with Gasteiger partial charge < -0.3 is 19.7 Å². The minimum Gasteiger partial charge on any atom is -0.419 e. The Morgan fingerprint density at radius 3 is 2.13 bits per heavy atom. The fraction of sp³-hybridized carbons (Fsp3) is 0.286. The van der Waals surface area contributed by atoms with Gasteiger partial charge in [0, 0.05) is 45.4 Å². The highest BCUT2D eigenvalue weighted by Crippen LogP contribution is 2.34. The predicted molar refractivity (Wildman–Crippen MR) is 107 cm³/mol. The second-order valence-corrected chi connectivity index (χ2v) is 7.45. The number of cyclic esters (lactones) is 2. The van der Waals surface area contributed by atoms with E-state index in [0.717, 1.165) is 18.3 Å². The van der Waals surface area contributed by atoms with Crippen molar-refractivity contribution in [2.45, 2.75) is 25.8 Å². The topological polar surface area (TPSA) is 80.8 Å². The van der Waals surface area contributed by atoms with Crippen molar-refractivity contribution in [1.29, 1.82) is 0 Å². The third-order valence-electron chi connectivity index (χ3n) is 4.28. The number of anilines is 2. The van der Waals surface area contributed by atoms with Crippen molar-refractivity contribution in [3.05, 3.63) is 53.7 Å². The van der Waals surface area contributed by atoms with Gasteiger partial charge in [0.25, 0.3) is 5.79 Å². The van der Waals surface area contributed by atoms with Gasteiger partial charge in [-0.05, 0) is 24.3 Å². The highest BCUT2D eigenvalue weighted by atomic mass is 19.4. The number of esters is 2. The van der Waals surface area contributed by atoms with E-state index >= 15 is 0 Å². The van der Waals surface area contributed by atoms with Crippen molar-refractivity contribution in [2.75, 3.05) is 24.3 Å². The first-order chi connectivity index (χ1) is 14.4. The van der Waals surface area contributed by atoms with E-state index in [1.807, 2.05) is 0 Å². The minimum atomic E-state index is -4.51. The number of pyridine rings is 1. The van der Waals surface area contributed by atoms with E-state index in [2.05, 4.69) is 10.3 Å². The lowest BCUT2D eigenvalue weighted by Crippen LogP contribution is -2.42. The van der Waals surface area contributed by atoms with Gasteiger partial charge in [-0.1, -0.05) is 12.1 Å². The lowest BCUT2D eigenvalue weighted by molar-refractivity contribution is -0.222. The molecule has 1 fully saturated rings. The molecule has 1 aliphatic rings. The molecule has 1 aromatic heterocycles. The molecule has 31 heavy (non-hydrogen) atoms. The molecule has 2 aromatic rings. The number of carbonyl (C=O) groups is 2. The van der Waals surface area contributed by atoms with Crippen molar-refractivity contribution < 1.29 is 32.2 Å². The Kier molecular flexibility index (Phi) is 5.66. The van der Waals surface area contributed by atoms with Crippen LogP contribution in [0.4, 0.5) is 24.7 Å². The van der Waals surface area contributed by atoms with Crippen LogP contribution in [-0.2, 0) is 25.2 Å². The zero-order valence-electron chi connectivity index (χ0n) is 17.2. The first kappa shape index (κ1) is 22.1. The molecule has 1 aliphatic heterocycles. The second kappa shape index (κ2) is 7.93. The number of ether oxygens (including phenoxy) is 2. The number of hydrogen-bond donors (Lipinski definition) is 1. The van der Waals surface area contributed by atoms with E-state index < -0.39 is 29.5 Å². The third-order valence-corrected chi connectivity index (χ3v) is 4.28. The highest BCUT2D eigenvalue weighted by molar-refractivity contribution is 6.15. The molecular formula is C21H20F3N3O4. The maximum Gasteiger partial charge on any atom is 0.416 e. The number of hydrogen-bond acceptors (Lipinski definition) is 7. The molecule has 0 amide bonds. The summed E-state index contributed by atoms with van der Waals surface area (Å²) < 4.78 is 49.7. The average Bonchev–Trinajstić information content (AvgIpc) is 2.66. The first-order valence-electron chi connectivity index (χ1n) is 9.16. The predicted octanol–water partition coefficient (Wildman–Crippen LogP) is 3.97. The number of nitrogens with zero attached hydrogens (tertiary/aromatic N) is 2. The fourth-order valence-electron chi connectivity index (χ4n) is 2.73. The summed E-state index contributed by atoms with van der Waals surface area (Å²) in [7, 11) is 3.21. The largest absolute Gasteiger partial charge is 0.419 e. The van der Waals surface area contributed by atoms with Gasteiger partial charge in [0.05, 0.1) is 11.3 Å². The standard InChI is InChI=1S/C21H20F3N3O4/c1-20(2)30-18(28)15(19(29)31-20)11-25-14-7-5-12(6-8-14)16-9-13(21(22,23)24)10-17(26-16)27(3)4/h5-11,25H,1-4H3. The minimum absolute atomic E-state index is 0.157. The van der Waals surface area contributed by atoms with Gasteiger partial charge in [-0.3, -0.25) is 0 Å². The third kappa shape index (κ3) is 5.14. The molecule has 1 aromatic carbocycles. The summed E-state index contributed by atoms with van der Waals surface area (Å²) in [6, 6.07) is 8.26. The summed E-state index contributed by atoms with van der Waals surface area (Å²) in [5.41, 5.74) is 0.00109. The van der Waals surface area contributed by atoms with Crippen LogP contribution in [0.2, 0.25) is 0 Å². The molecule has 0 atom stereocenters. The van der Waals surface area contributed by atoms with Crippen molar-refractivity contribution in [2.24, 2.45) is 0 Å². The maximum absolute atomic E-state index is 13.2. The van der Waals surface area contributed by atoms with Gasteiger partial charge in [0.2, 0.25) is 0 Å². The fourth-order valence-corrected chi connectivity index (χ4v) is 2.73. The Morgan fingerprint density at radius 1 is 1.03 bits per heavy atom. The zero-order valence-corrected chi connectivity index (χ0v) is 17.2. The van der Waals surface area contributed by atoms with E-state index in [-0.39, 0.29) is 17.1 Å². The molecule has 0 saturated carbocycles. The molecular weight excluding hydrogens is 415 g/mol. The van der Waals surface area contributed by atoms with Gasteiger partial charge >= 0.3 is 18.1 Å². The zero-order chi connectivity index (χ0) is 23.0. The first-order valence-corrected chi connectivity index (χ1v) is 9.16. The Labute approximate surface area is 176 Å². The number of nitrogens with one attached hydrogen (secondary N) is 1. The second-order valence-electron chi connectivity index (χ2n) is 7.45. The van der Waals surface area contributed by atoms with Gasteiger partial charge in [0.1, 0.15) is 5.82 Å².